The largest absolute Gasteiger partial charge is 0.396 e. The van der Waals surface area contributed by atoms with E-state index >= 15 is 0 Å². The van der Waals surface area contributed by atoms with Crippen molar-refractivity contribution in [1.29, 1.82) is 0 Å². The summed E-state index contributed by atoms with van der Waals surface area (Å²) in [6.07, 6.45) is -0.944. The number of hydrogen-bond acceptors (Lipinski definition) is 5. The molecule has 3 N–H and O–H groups in total. The summed E-state index contributed by atoms with van der Waals surface area (Å²) in [5.41, 5.74) is 0. The number of aliphatic hydroxyl groups excluding tert-OH is 3. The van der Waals surface area contributed by atoms with Gasteiger partial charge >= 0.3 is 0 Å². The summed E-state index contributed by atoms with van der Waals surface area (Å²) in [4.78, 5) is 1.96. The van der Waals surface area contributed by atoms with Gasteiger partial charge in [0, 0.05) is 25.6 Å². The smallest absolute Gasteiger partial charge is 0.0932 e. The van der Waals surface area contributed by atoms with Crippen LogP contribution in [0.25, 0.3) is 0 Å². The molecule has 1 fully saturated rings. The van der Waals surface area contributed by atoms with Crippen LogP contribution < -0.4 is 0 Å². The lowest BCUT2D eigenvalue weighted by atomic mass is 9.93. The van der Waals surface area contributed by atoms with Gasteiger partial charge in [0.25, 0.3) is 0 Å². The lowest BCUT2D eigenvalue weighted by Crippen LogP contribution is -2.53. The molecule has 0 bridgehead atoms. The van der Waals surface area contributed by atoms with Crippen molar-refractivity contribution in [1.82, 2.24) is 4.90 Å². The number of β-amino-alcohol motifs (C(OH)–C–C–N with tert-alkyl or cyclic N) is 1. The summed E-state index contributed by atoms with van der Waals surface area (Å²) in [7, 11) is 1.90. The summed E-state index contributed by atoms with van der Waals surface area (Å²) < 4.78 is 5.31. The van der Waals surface area contributed by atoms with Crippen molar-refractivity contribution in [2.45, 2.75) is 12.2 Å². The Morgan fingerprint density at radius 1 is 1.36 bits per heavy atom. The van der Waals surface area contributed by atoms with Crippen molar-refractivity contribution < 1.29 is 20.1 Å². The van der Waals surface area contributed by atoms with Gasteiger partial charge in [-0.1, -0.05) is 0 Å². The van der Waals surface area contributed by atoms with E-state index in [2.05, 4.69) is 0 Å². The number of likely N-dealkylation sites (N-methyl/N-ethyl adjacent to an activating group) is 1. The van der Waals surface area contributed by atoms with Crippen LogP contribution in [0, 0.1) is 5.92 Å². The molecule has 0 amide bonds. The van der Waals surface area contributed by atoms with Gasteiger partial charge in [0.2, 0.25) is 0 Å². The molecule has 84 valence electrons. The predicted molar refractivity (Wildman–Crippen MR) is 50.9 cm³/mol. The highest BCUT2D eigenvalue weighted by Gasteiger charge is 2.34. The van der Waals surface area contributed by atoms with E-state index in [4.69, 9.17) is 14.9 Å². The zero-order valence-electron chi connectivity index (χ0n) is 8.46. The molecule has 1 heterocycles. The van der Waals surface area contributed by atoms with Gasteiger partial charge in [-0.25, -0.2) is 0 Å². The molecular formula is C9H19NO4. The van der Waals surface area contributed by atoms with Crippen molar-refractivity contribution in [3.8, 4) is 0 Å². The van der Waals surface area contributed by atoms with E-state index in [1.54, 1.807) is 0 Å². The Morgan fingerprint density at radius 3 is 2.64 bits per heavy atom. The van der Waals surface area contributed by atoms with E-state index < -0.39 is 6.10 Å². The molecule has 1 saturated heterocycles. The van der Waals surface area contributed by atoms with Crippen LogP contribution in [0.5, 0.6) is 0 Å². The molecule has 0 spiro atoms. The van der Waals surface area contributed by atoms with Crippen molar-refractivity contribution in [2.75, 3.05) is 40.0 Å². The molecular weight excluding hydrogens is 186 g/mol. The van der Waals surface area contributed by atoms with E-state index in [1.165, 1.54) is 0 Å². The van der Waals surface area contributed by atoms with Crippen LogP contribution in [-0.4, -0.2) is 72.4 Å². The number of aliphatic hydroxyl groups is 3. The maximum absolute atomic E-state index is 9.71. The summed E-state index contributed by atoms with van der Waals surface area (Å²) in [5.74, 6) is -0.0738. The van der Waals surface area contributed by atoms with Gasteiger partial charge in [-0.2, -0.15) is 0 Å². The number of hydrogen-bond donors (Lipinski definition) is 3. The second-order valence-electron chi connectivity index (χ2n) is 3.79. The number of piperidine rings is 1. The summed E-state index contributed by atoms with van der Waals surface area (Å²) >= 11 is 0. The fourth-order valence-corrected chi connectivity index (χ4v) is 1.91. The molecule has 0 aromatic carbocycles. The number of rotatable bonds is 4. The maximum atomic E-state index is 9.71. The molecule has 0 saturated carbocycles. The number of ether oxygens (including phenoxy) is 1. The fourth-order valence-electron chi connectivity index (χ4n) is 1.91. The third-order valence-electron chi connectivity index (χ3n) is 2.52. The highest BCUT2D eigenvalue weighted by Crippen LogP contribution is 2.19. The zero-order valence-corrected chi connectivity index (χ0v) is 8.46. The lowest BCUT2D eigenvalue weighted by molar-refractivity contribution is -0.120. The molecule has 5 nitrogen and oxygen atoms in total. The highest BCUT2D eigenvalue weighted by atomic mass is 16.5. The van der Waals surface area contributed by atoms with Gasteiger partial charge < -0.3 is 25.0 Å². The Labute approximate surface area is 83.9 Å². The van der Waals surface area contributed by atoms with Crippen molar-refractivity contribution in [2.24, 2.45) is 5.92 Å². The fraction of sp³-hybridized carbons (Fsp3) is 1.00. The van der Waals surface area contributed by atoms with Gasteiger partial charge in [-0.15, -0.1) is 0 Å². The Balaban J connectivity index is 2.49. The molecule has 0 aromatic rings. The Kier molecular flexibility index (Phi) is 4.77. The van der Waals surface area contributed by atoms with E-state index in [9.17, 15) is 5.11 Å². The first-order valence-corrected chi connectivity index (χ1v) is 4.89. The monoisotopic (exact) mass is 205 g/mol. The average Bonchev–Trinajstić information content (AvgIpc) is 2.15. The normalized spacial score (nSPS) is 34.7. The second kappa shape index (κ2) is 5.63. The Bertz CT molecular complexity index is 167. The molecule has 0 aliphatic carbocycles. The molecule has 3 unspecified atom stereocenters. The molecule has 5 heteroatoms. The number of nitrogens with zero attached hydrogens (tertiary/aromatic N) is 1. The first-order valence-electron chi connectivity index (χ1n) is 4.89. The maximum Gasteiger partial charge on any atom is 0.0932 e. The lowest BCUT2D eigenvalue weighted by Gasteiger charge is -2.39. The van der Waals surface area contributed by atoms with E-state index in [0.717, 1.165) is 0 Å². The minimum atomic E-state index is -0.586. The molecule has 3 atom stereocenters. The molecule has 0 radical (unpaired) electrons. The predicted octanol–water partition coefficient (Wildman–Crippen LogP) is -1.72. The van der Waals surface area contributed by atoms with Crippen LogP contribution in [-0.2, 0) is 4.74 Å². The first kappa shape index (κ1) is 11.9. The molecule has 14 heavy (non-hydrogen) atoms. The minimum Gasteiger partial charge on any atom is -0.396 e. The van der Waals surface area contributed by atoms with Gasteiger partial charge in [0.15, 0.2) is 0 Å². The quantitative estimate of drug-likeness (QED) is 0.509. The van der Waals surface area contributed by atoms with Crippen molar-refractivity contribution in [3.63, 3.8) is 0 Å². The summed E-state index contributed by atoms with van der Waals surface area (Å²) in [6, 6.07) is 0. The van der Waals surface area contributed by atoms with Crippen LogP contribution in [0.3, 0.4) is 0 Å². The average molecular weight is 205 g/mol. The van der Waals surface area contributed by atoms with E-state index in [-0.39, 0.29) is 31.8 Å². The van der Waals surface area contributed by atoms with Crippen LogP contribution in [0.1, 0.15) is 0 Å². The SMILES string of the molecule is CN1CC(O)C(OCCO)C(CO)C1. The third-order valence-corrected chi connectivity index (χ3v) is 2.52. The van der Waals surface area contributed by atoms with Gasteiger partial charge in [0.1, 0.15) is 0 Å². The summed E-state index contributed by atoms with van der Waals surface area (Å²) in [6.45, 7) is 1.41. The van der Waals surface area contributed by atoms with Crippen LogP contribution in [0.2, 0.25) is 0 Å². The van der Waals surface area contributed by atoms with E-state index in [0.29, 0.717) is 13.1 Å². The molecule has 1 aliphatic heterocycles. The second-order valence-corrected chi connectivity index (χ2v) is 3.79. The third kappa shape index (κ3) is 2.90. The van der Waals surface area contributed by atoms with Crippen LogP contribution >= 0.6 is 0 Å². The topological polar surface area (TPSA) is 73.2 Å². The number of likely N-dealkylation sites (tertiary alicyclic amines) is 1. The Hall–Kier alpha value is -0.200. The summed E-state index contributed by atoms with van der Waals surface area (Å²) in [5, 5.41) is 27.4. The minimum absolute atomic E-state index is 0.00248. The van der Waals surface area contributed by atoms with Gasteiger partial charge in [-0.05, 0) is 7.05 Å². The van der Waals surface area contributed by atoms with E-state index in [1.807, 2.05) is 11.9 Å². The highest BCUT2D eigenvalue weighted by molar-refractivity contribution is 4.86. The first-order chi connectivity index (χ1) is 6.69. The molecule has 1 aliphatic rings. The van der Waals surface area contributed by atoms with Crippen molar-refractivity contribution >= 4 is 0 Å². The molecule has 1 rings (SSSR count). The van der Waals surface area contributed by atoms with Gasteiger partial charge in [-0.3, -0.25) is 0 Å². The zero-order chi connectivity index (χ0) is 10.6. The van der Waals surface area contributed by atoms with Crippen LogP contribution in [0.15, 0.2) is 0 Å². The van der Waals surface area contributed by atoms with Crippen molar-refractivity contribution in [3.05, 3.63) is 0 Å². The van der Waals surface area contributed by atoms with Gasteiger partial charge in [0.05, 0.1) is 25.4 Å². The Morgan fingerprint density at radius 2 is 2.07 bits per heavy atom. The standard InChI is InChI=1S/C9H19NO4/c1-10-4-7(6-12)9(8(13)5-10)14-3-2-11/h7-9,11-13H,2-6H2,1H3. The molecule has 0 aromatic heterocycles. The van der Waals surface area contributed by atoms with Crippen LogP contribution in [0.4, 0.5) is 0 Å².